The Morgan fingerprint density at radius 1 is 1.44 bits per heavy atom. The van der Waals surface area contributed by atoms with E-state index in [4.69, 9.17) is 10.3 Å². The molecule has 1 heterocycles. The fraction of sp³-hybridized carbons (Fsp3) is 0. The van der Waals surface area contributed by atoms with E-state index in [1.165, 1.54) is 18.3 Å². The summed E-state index contributed by atoms with van der Waals surface area (Å²) in [6.45, 7) is 0. The molecule has 1 aromatic heterocycles. The maximum absolute atomic E-state index is 10.7. The third-order valence-corrected chi connectivity index (χ3v) is 2.41. The van der Waals surface area contributed by atoms with Crippen molar-refractivity contribution in [2.75, 3.05) is 5.73 Å². The van der Waals surface area contributed by atoms with Crippen LogP contribution in [0, 0.1) is 10.1 Å². The first-order valence-corrected chi connectivity index (χ1v) is 5.03. The van der Waals surface area contributed by atoms with Gasteiger partial charge in [0.15, 0.2) is 5.76 Å². The van der Waals surface area contributed by atoms with Gasteiger partial charge in [0.25, 0.3) is 5.69 Å². The molecule has 16 heavy (non-hydrogen) atoms. The predicted molar refractivity (Wildman–Crippen MR) is 60.7 cm³/mol. The van der Waals surface area contributed by atoms with Crippen LogP contribution < -0.4 is 5.73 Å². The number of nitrogen functional groups attached to an aromatic ring is 1. The minimum Gasteiger partial charge on any atom is -0.394 e. The molecule has 0 saturated heterocycles. The number of nitrogens with zero attached hydrogens (tertiary/aromatic N) is 2. The van der Waals surface area contributed by atoms with Crippen LogP contribution in [0.4, 0.5) is 11.4 Å². The summed E-state index contributed by atoms with van der Waals surface area (Å²) in [5.74, 6) is 0.324. The number of non-ortho nitro benzene ring substituents is 1. The molecule has 0 atom stereocenters. The van der Waals surface area contributed by atoms with E-state index in [9.17, 15) is 10.1 Å². The molecule has 0 aliphatic carbocycles. The fourth-order valence-corrected chi connectivity index (χ4v) is 1.76. The number of anilines is 1. The Kier molecular flexibility index (Phi) is 2.61. The van der Waals surface area contributed by atoms with Crippen LogP contribution in [0.15, 0.2) is 33.4 Å². The molecule has 1 aromatic carbocycles. The molecule has 2 aromatic rings. The van der Waals surface area contributed by atoms with Crippen molar-refractivity contribution in [2.45, 2.75) is 0 Å². The summed E-state index contributed by atoms with van der Waals surface area (Å²) in [4.78, 5) is 10.2. The smallest absolute Gasteiger partial charge is 0.271 e. The summed E-state index contributed by atoms with van der Waals surface area (Å²) in [6.07, 6.45) is 1.35. The molecule has 2 rings (SSSR count). The van der Waals surface area contributed by atoms with Gasteiger partial charge in [0.2, 0.25) is 0 Å². The molecule has 0 spiro atoms. The minimum atomic E-state index is -0.485. The van der Waals surface area contributed by atoms with Gasteiger partial charge in [-0.25, -0.2) is 0 Å². The third kappa shape index (κ3) is 1.89. The molecule has 0 bridgehead atoms. The Balaban J connectivity index is 2.58. The zero-order valence-electron chi connectivity index (χ0n) is 7.88. The lowest BCUT2D eigenvalue weighted by Crippen LogP contribution is -1.90. The van der Waals surface area contributed by atoms with Gasteiger partial charge in [-0.15, -0.1) is 0 Å². The second-order valence-corrected chi connectivity index (χ2v) is 3.98. The van der Waals surface area contributed by atoms with E-state index in [2.05, 4.69) is 21.1 Å². The van der Waals surface area contributed by atoms with E-state index in [0.29, 0.717) is 21.5 Å². The molecule has 7 heteroatoms. The van der Waals surface area contributed by atoms with Gasteiger partial charge in [0.1, 0.15) is 5.69 Å². The second-order valence-electron chi connectivity index (χ2n) is 3.07. The Hall–Kier alpha value is -1.89. The van der Waals surface area contributed by atoms with Gasteiger partial charge in [0, 0.05) is 22.2 Å². The summed E-state index contributed by atoms with van der Waals surface area (Å²) in [6, 6.07) is 4.45. The molecule has 0 radical (unpaired) electrons. The average molecular weight is 284 g/mol. The largest absolute Gasteiger partial charge is 0.394 e. The Bertz CT molecular complexity index is 553. The summed E-state index contributed by atoms with van der Waals surface area (Å²) < 4.78 is 5.50. The van der Waals surface area contributed by atoms with Gasteiger partial charge in [-0.05, 0) is 6.07 Å². The maximum Gasteiger partial charge on any atom is 0.271 e. The van der Waals surface area contributed by atoms with Crippen LogP contribution in [0.2, 0.25) is 0 Å². The van der Waals surface area contributed by atoms with Gasteiger partial charge in [-0.3, -0.25) is 10.1 Å². The van der Waals surface area contributed by atoms with Crippen LogP contribution in [-0.2, 0) is 0 Å². The molecular weight excluding hydrogens is 278 g/mol. The van der Waals surface area contributed by atoms with Crippen molar-refractivity contribution in [2.24, 2.45) is 0 Å². The lowest BCUT2D eigenvalue weighted by molar-refractivity contribution is -0.384. The van der Waals surface area contributed by atoms with Gasteiger partial charge < -0.3 is 10.3 Å². The van der Waals surface area contributed by atoms with E-state index in [1.807, 2.05) is 0 Å². The number of nitro benzene ring substituents is 1. The Labute approximate surface area is 98.3 Å². The molecular formula is C9H6BrN3O3. The lowest BCUT2D eigenvalue weighted by atomic mass is 10.1. The quantitative estimate of drug-likeness (QED) is 0.675. The van der Waals surface area contributed by atoms with Crippen molar-refractivity contribution in [1.82, 2.24) is 5.16 Å². The van der Waals surface area contributed by atoms with Crippen molar-refractivity contribution in [1.29, 1.82) is 0 Å². The van der Waals surface area contributed by atoms with Gasteiger partial charge in [0.05, 0.1) is 11.1 Å². The average Bonchev–Trinajstić information content (AvgIpc) is 2.63. The first-order valence-electron chi connectivity index (χ1n) is 4.23. The van der Waals surface area contributed by atoms with E-state index in [0.717, 1.165) is 0 Å². The van der Waals surface area contributed by atoms with E-state index in [-0.39, 0.29) is 5.69 Å². The number of benzene rings is 1. The molecule has 0 fully saturated rings. The number of rotatable bonds is 2. The van der Waals surface area contributed by atoms with Crippen LogP contribution in [-0.4, -0.2) is 10.1 Å². The number of hydrogen-bond acceptors (Lipinski definition) is 5. The van der Waals surface area contributed by atoms with Crippen molar-refractivity contribution >= 4 is 27.3 Å². The molecule has 6 nitrogen and oxygen atoms in total. The van der Waals surface area contributed by atoms with E-state index in [1.54, 1.807) is 6.07 Å². The van der Waals surface area contributed by atoms with Crippen LogP contribution in [0.25, 0.3) is 11.3 Å². The molecule has 0 saturated carbocycles. The fourth-order valence-electron chi connectivity index (χ4n) is 1.28. The normalized spacial score (nSPS) is 10.3. The van der Waals surface area contributed by atoms with Crippen molar-refractivity contribution in [3.8, 4) is 11.3 Å². The van der Waals surface area contributed by atoms with Crippen molar-refractivity contribution < 1.29 is 9.45 Å². The van der Waals surface area contributed by atoms with Crippen molar-refractivity contribution in [3.05, 3.63) is 39.0 Å². The summed E-state index contributed by atoms with van der Waals surface area (Å²) in [5, 5.41) is 14.2. The number of hydrogen-bond donors (Lipinski definition) is 1. The zero-order valence-corrected chi connectivity index (χ0v) is 9.47. The van der Waals surface area contributed by atoms with Crippen molar-refractivity contribution in [3.63, 3.8) is 0 Å². The SMILES string of the molecule is Nc1cnoc1-c1cc(Br)cc([N+](=O)[O-])c1. The third-order valence-electron chi connectivity index (χ3n) is 1.95. The number of halogens is 1. The topological polar surface area (TPSA) is 95.2 Å². The highest BCUT2D eigenvalue weighted by Gasteiger charge is 2.14. The summed E-state index contributed by atoms with van der Waals surface area (Å²) in [7, 11) is 0. The number of nitro groups is 1. The van der Waals surface area contributed by atoms with Crippen LogP contribution in [0.5, 0.6) is 0 Å². The highest BCUT2D eigenvalue weighted by atomic mass is 79.9. The Morgan fingerprint density at radius 3 is 2.75 bits per heavy atom. The molecule has 0 aliphatic rings. The minimum absolute atomic E-state index is 0.0415. The van der Waals surface area contributed by atoms with E-state index >= 15 is 0 Å². The molecule has 0 aliphatic heterocycles. The van der Waals surface area contributed by atoms with E-state index < -0.39 is 4.92 Å². The molecule has 2 N–H and O–H groups in total. The number of aromatic nitrogens is 1. The standard InChI is InChI=1S/C9H6BrN3O3/c10-6-1-5(2-7(3-6)13(14)15)9-8(11)4-12-16-9/h1-4H,11H2. The summed E-state index contributed by atoms with van der Waals surface area (Å²) in [5.41, 5.74) is 6.42. The monoisotopic (exact) mass is 283 g/mol. The second kappa shape index (κ2) is 3.93. The maximum atomic E-state index is 10.7. The molecule has 0 unspecified atom stereocenters. The lowest BCUT2D eigenvalue weighted by Gasteiger charge is -1.99. The molecule has 82 valence electrons. The predicted octanol–water partition coefficient (Wildman–Crippen LogP) is 2.59. The highest BCUT2D eigenvalue weighted by molar-refractivity contribution is 9.10. The number of nitrogens with two attached hydrogens (primary N) is 1. The van der Waals surface area contributed by atoms with Crippen LogP contribution in [0.1, 0.15) is 0 Å². The van der Waals surface area contributed by atoms with Gasteiger partial charge >= 0.3 is 0 Å². The van der Waals surface area contributed by atoms with Crippen LogP contribution >= 0.6 is 15.9 Å². The van der Waals surface area contributed by atoms with Gasteiger partial charge in [-0.1, -0.05) is 21.1 Å². The van der Waals surface area contributed by atoms with Gasteiger partial charge in [-0.2, -0.15) is 0 Å². The first kappa shape index (κ1) is 10.6. The molecule has 0 amide bonds. The zero-order chi connectivity index (χ0) is 11.7. The first-order chi connectivity index (χ1) is 7.58. The Morgan fingerprint density at radius 2 is 2.19 bits per heavy atom. The highest BCUT2D eigenvalue weighted by Crippen LogP contribution is 2.31. The summed E-state index contributed by atoms with van der Waals surface area (Å²) >= 11 is 3.18. The van der Waals surface area contributed by atoms with Crippen LogP contribution in [0.3, 0.4) is 0 Å².